The summed E-state index contributed by atoms with van der Waals surface area (Å²) in [5.41, 5.74) is 12.9. The van der Waals surface area contributed by atoms with Crippen LogP contribution >= 0.6 is 11.6 Å². The first-order valence-corrected chi connectivity index (χ1v) is 7.29. The van der Waals surface area contributed by atoms with Gasteiger partial charge in [-0.2, -0.15) is 15.0 Å². The summed E-state index contributed by atoms with van der Waals surface area (Å²) in [5, 5.41) is 3.79. The minimum absolute atomic E-state index is 0.111. The average Bonchev–Trinajstić information content (AvgIpc) is 2.90. The van der Waals surface area contributed by atoms with Gasteiger partial charge in [-0.15, -0.1) is 0 Å². The molecule has 0 unspecified atom stereocenters. The number of anilines is 2. The normalized spacial score (nSPS) is 10.7. The maximum absolute atomic E-state index is 6.01. The van der Waals surface area contributed by atoms with E-state index in [0.29, 0.717) is 28.5 Å². The van der Waals surface area contributed by atoms with Crippen molar-refractivity contribution in [1.82, 2.24) is 19.5 Å². The van der Waals surface area contributed by atoms with E-state index in [4.69, 9.17) is 23.1 Å². The SMILES string of the molecule is CCn1cnc2c(Nc3cccc(Cl)c3)nc(N=C(N)N)nc21. The molecule has 0 fully saturated rings. The fourth-order valence-corrected chi connectivity index (χ4v) is 2.31. The average molecular weight is 331 g/mol. The van der Waals surface area contributed by atoms with Crippen LogP contribution in [-0.4, -0.2) is 25.5 Å². The highest BCUT2D eigenvalue weighted by molar-refractivity contribution is 6.30. The molecule has 0 aliphatic heterocycles. The lowest BCUT2D eigenvalue weighted by Crippen LogP contribution is -2.22. The summed E-state index contributed by atoms with van der Waals surface area (Å²) in [7, 11) is 0. The minimum Gasteiger partial charge on any atom is -0.370 e. The summed E-state index contributed by atoms with van der Waals surface area (Å²) in [4.78, 5) is 17.0. The molecule has 3 aromatic rings. The smallest absolute Gasteiger partial charge is 0.256 e. The zero-order valence-corrected chi connectivity index (χ0v) is 13.1. The number of benzene rings is 1. The molecular weight excluding hydrogens is 316 g/mol. The molecule has 0 spiro atoms. The molecular formula is C14H15ClN8. The number of imidazole rings is 1. The molecule has 0 amide bonds. The Balaban J connectivity index is 2.13. The molecule has 2 heterocycles. The van der Waals surface area contributed by atoms with Crippen LogP contribution in [-0.2, 0) is 6.54 Å². The summed E-state index contributed by atoms with van der Waals surface area (Å²) >= 11 is 6.01. The number of hydrogen-bond donors (Lipinski definition) is 3. The third-order valence-corrected chi connectivity index (χ3v) is 3.34. The second-order valence-corrected chi connectivity index (χ2v) is 5.18. The van der Waals surface area contributed by atoms with Crippen molar-refractivity contribution in [3.63, 3.8) is 0 Å². The topological polar surface area (TPSA) is 120 Å². The Hall–Kier alpha value is -2.87. The van der Waals surface area contributed by atoms with Crippen LogP contribution in [0.25, 0.3) is 11.2 Å². The fraction of sp³-hybridized carbons (Fsp3) is 0.143. The number of guanidine groups is 1. The molecule has 9 heteroatoms. The van der Waals surface area contributed by atoms with Gasteiger partial charge in [0.2, 0.25) is 0 Å². The number of fused-ring (bicyclic) bond motifs is 1. The van der Waals surface area contributed by atoms with Gasteiger partial charge in [0.15, 0.2) is 22.9 Å². The summed E-state index contributed by atoms with van der Waals surface area (Å²) in [5.74, 6) is 0.558. The van der Waals surface area contributed by atoms with Crippen LogP contribution in [0.3, 0.4) is 0 Å². The number of aromatic nitrogens is 4. The molecule has 0 aliphatic rings. The Kier molecular flexibility index (Phi) is 3.98. The Bertz CT molecular complexity index is 882. The van der Waals surface area contributed by atoms with Gasteiger partial charge in [-0.3, -0.25) is 0 Å². The van der Waals surface area contributed by atoms with Crippen LogP contribution in [0.15, 0.2) is 35.6 Å². The molecule has 5 N–H and O–H groups in total. The summed E-state index contributed by atoms with van der Waals surface area (Å²) in [6.07, 6.45) is 1.70. The molecule has 0 bridgehead atoms. The lowest BCUT2D eigenvalue weighted by molar-refractivity contribution is 0.777. The molecule has 0 radical (unpaired) electrons. The minimum atomic E-state index is -0.111. The van der Waals surface area contributed by atoms with Crippen molar-refractivity contribution in [1.29, 1.82) is 0 Å². The second kappa shape index (κ2) is 6.09. The van der Waals surface area contributed by atoms with Crippen molar-refractivity contribution < 1.29 is 0 Å². The van der Waals surface area contributed by atoms with Gasteiger partial charge < -0.3 is 21.4 Å². The summed E-state index contributed by atoms with van der Waals surface area (Å²) in [6, 6.07) is 7.28. The molecule has 0 saturated carbocycles. The highest BCUT2D eigenvalue weighted by Crippen LogP contribution is 2.26. The highest BCUT2D eigenvalue weighted by atomic mass is 35.5. The van der Waals surface area contributed by atoms with Crippen LogP contribution in [0.2, 0.25) is 5.02 Å². The van der Waals surface area contributed by atoms with Gasteiger partial charge in [0.05, 0.1) is 6.33 Å². The predicted molar refractivity (Wildman–Crippen MR) is 91.2 cm³/mol. The van der Waals surface area contributed by atoms with Gasteiger partial charge in [0, 0.05) is 17.3 Å². The first-order chi connectivity index (χ1) is 11.1. The quantitative estimate of drug-likeness (QED) is 0.498. The Morgan fingerprint density at radius 2 is 2.17 bits per heavy atom. The Labute approximate surface area is 137 Å². The van der Waals surface area contributed by atoms with Gasteiger partial charge in [-0.1, -0.05) is 17.7 Å². The summed E-state index contributed by atoms with van der Waals surface area (Å²) in [6.45, 7) is 2.71. The number of rotatable bonds is 4. The third kappa shape index (κ3) is 3.16. The van der Waals surface area contributed by atoms with Crippen molar-refractivity contribution in [2.75, 3.05) is 5.32 Å². The molecule has 0 saturated heterocycles. The van der Waals surface area contributed by atoms with Gasteiger partial charge in [0.1, 0.15) is 0 Å². The lowest BCUT2D eigenvalue weighted by Gasteiger charge is -2.08. The Morgan fingerprint density at radius 1 is 1.35 bits per heavy atom. The molecule has 118 valence electrons. The second-order valence-electron chi connectivity index (χ2n) is 4.75. The maximum atomic E-state index is 6.01. The van der Waals surface area contributed by atoms with Gasteiger partial charge in [-0.05, 0) is 25.1 Å². The van der Waals surface area contributed by atoms with E-state index >= 15 is 0 Å². The number of aliphatic imine (C=N–C) groups is 1. The fourth-order valence-electron chi connectivity index (χ4n) is 2.12. The predicted octanol–water partition coefficient (Wildman–Crippen LogP) is 2.15. The van der Waals surface area contributed by atoms with Crippen LogP contribution < -0.4 is 16.8 Å². The van der Waals surface area contributed by atoms with Crippen molar-refractivity contribution in [3.8, 4) is 0 Å². The first kappa shape index (κ1) is 15.0. The van der Waals surface area contributed by atoms with Gasteiger partial charge in [0.25, 0.3) is 5.95 Å². The van der Waals surface area contributed by atoms with Crippen molar-refractivity contribution in [3.05, 3.63) is 35.6 Å². The van der Waals surface area contributed by atoms with Gasteiger partial charge in [-0.25, -0.2) is 4.98 Å². The first-order valence-electron chi connectivity index (χ1n) is 6.92. The van der Waals surface area contributed by atoms with Crippen molar-refractivity contribution in [2.45, 2.75) is 13.5 Å². The van der Waals surface area contributed by atoms with Crippen LogP contribution in [0.1, 0.15) is 6.92 Å². The van der Waals surface area contributed by atoms with Crippen LogP contribution in [0.5, 0.6) is 0 Å². The van der Waals surface area contributed by atoms with Crippen LogP contribution in [0, 0.1) is 0 Å². The number of nitrogens with one attached hydrogen (secondary N) is 1. The standard InChI is InChI=1S/C14H15ClN8/c1-2-23-7-18-10-11(19-9-5-3-4-8(15)6-9)20-14(21-12(10)23)22-13(16)17/h3-7H,2H2,1H3,(H5,16,17,19,20,21,22). The van der Waals surface area contributed by atoms with E-state index in [1.165, 1.54) is 0 Å². The van der Waals surface area contributed by atoms with E-state index in [1.807, 2.05) is 23.6 Å². The third-order valence-electron chi connectivity index (χ3n) is 3.11. The monoisotopic (exact) mass is 330 g/mol. The molecule has 0 atom stereocenters. The number of nitrogens with zero attached hydrogens (tertiary/aromatic N) is 5. The zero-order chi connectivity index (χ0) is 16.4. The van der Waals surface area contributed by atoms with E-state index in [1.54, 1.807) is 18.5 Å². The zero-order valence-electron chi connectivity index (χ0n) is 12.4. The molecule has 0 aliphatic carbocycles. The van der Waals surface area contributed by atoms with E-state index in [9.17, 15) is 0 Å². The van der Waals surface area contributed by atoms with E-state index in [-0.39, 0.29) is 11.9 Å². The number of hydrogen-bond acceptors (Lipinski definition) is 5. The van der Waals surface area contributed by atoms with Crippen molar-refractivity contribution in [2.24, 2.45) is 16.5 Å². The molecule has 8 nitrogen and oxygen atoms in total. The lowest BCUT2D eigenvalue weighted by atomic mass is 10.3. The van der Waals surface area contributed by atoms with E-state index in [2.05, 4.69) is 25.3 Å². The largest absolute Gasteiger partial charge is 0.370 e. The number of nitrogens with two attached hydrogens (primary N) is 2. The molecule has 1 aromatic carbocycles. The number of aryl methyl sites for hydroxylation is 1. The molecule has 3 rings (SSSR count). The van der Waals surface area contributed by atoms with E-state index in [0.717, 1.165) is 5.69 Å². The van der Waals surface area contributed by atoms with E-state index < -0.39 is 0 Å². The maximum Gasteiger partial charge on any atom is 0.256 e. The van der Waals surface area contributed by atoms with Crippen LogP contribution in [0.4, 0.5) is 17.5 Å². The highest BCUT2D eigenvalue weighted by Gasteiger charge is 2.13. The van der Waals surface area contributed by atoms with Crippen molar-refractivity contribution >= 4 is 46.2 Å². The Morgan fingerprint density at radius 3 is 2.87 bits per heavy atom. The number of halogens is 1. The molecule has 2 aromatic heterocycles. The van der Waals surface area contributed by atoms with Gasteiger partial charge >= 0.3 is 0 Å². The molecule has 23 heavy (non-hydrogen) atoms. The summed E-state index contributed by atoms with van der Waals surface area (Å²) < 4.78 is 1.88.